The van der Waals surface area contributed by atoms with Gasteiger partial charge in [0.05, 0.1) is 6.54 Å². The van der Waals surface area contributed by atoms with Crippen LogP contribution >= 0.6 is 11.3 Å². The van der Waals surface area contributed by atoms with E-state index in [0.29, 0.717) is 12.2 Å². The van der Waals surface area contributed by atoms with Gasteiger partial charge < -0.3 is 4.90 Å². The Labute approximate surface area is 131 Å². The van der Waals surface area contributed by atoms with Gasteiger partial charge in [-0.05, 0) is 36.1 Å². The number of fused-ring (bicyclic) bond motifs is 1. The maximum atomic E-state index is 12.5. The molecule has 0 aliphatic rings. The molecule has 0 atom stereocenters. The van der Waals surface area contributed by atoms with Gasteiger partial charge in [0, 0.05) is 24.3 Å². The van der Waals surface area contributed by atoms with Crippen LogP contribution in [0.15, 0.2) is 46.8 Å². The zero-order chi connectivity index (χ0) is 15.7. The molecule has 22 heavy (non-hydrogen) atoms. The van der Waals surface area contributed by atoms with Crippen LogP contribution < -0.4 is 5.56 Å². The van der Waals surface area contributed by atoms with Crippen molar-refractivity contribution in [3.8, 4) is 0 Å². The third kappa shape index (κ3) is 2.53. The van der Waals surface area contributed by atoms with Crippen molar-refractivity contribution >= 4 is 22.9 Å². The van der Waals surface area contributed by atoms with Crippen molar-refractivity contribution in [2.75, 3.05) is 7.05 Å². The number of aryl methyl sites for hydroxylation is 1. The summed E-state index contributed by atoms with van der Waals surface area (Å²) in [5, 5.41) is 2.00. The Morgan fingerprint density at radius 2 is 2.18 bits per heavy atom. The fourth-order valence-electron chi connectivity index (χ4n) is 2.23. The largest absolute Gasteiger partial charge is 0.336 e. The van der Waals surface area contributed by atoms with E-state index >= 15 is 0 Å². The highest BCUT2D eigenvalue weighted by Crippen LogP contribution is 2.17. The normalized spacial score (nSPS) is 10.8. The molecule has 0 saturated heterocycles. The Balaban J connectivity index is 1.93. The van der Waals surface area contributed by atoms with Crippen LogP contribution in [-0.4, -0.2) is 27.2 Å². The summed E-state index contributed by atoms with van der Waals surface area (Å²) in [6.07, 6.45) is 2.97. The van der Waals surface area contributed by atoms with E-state index in [0.717, 1.165) is 10.4 Å². The van der Waals surface area contributed by atoms with Gasteiger partial charge in [-0.3, -0.25) is 14.0 Å². The summed E-state index contributed by atoms with van der Waals surface area (Å²) in [6, 6.07) is 7.29. The molecule has 0 spiro atoms. The lowest BCUT2D eigenvalue weighted by Crippen LogP contribution is -2.32. The zero-order valence-corrected chi connectivity index (χ0v) is 13.1. The molecule has 3 rings (SSSR count). The zero-order valence-electron chi connectivity index (χ0n) is 12.3. The van der Waals surface area contributed by atoms with Gasteiger partial charge >= 0.3 is 0 Å². The number of nitrogens with zero attached hydrogens (tertiary/aromatic N) is 3. The van der Waals surface area contributed by atoms with Gasteiger partial charge in [-0.2, -0.15) is 0 Å². The van der Waals surface area contributed by atoms with Crippen molar-refractivity contribution in [2.45, 2.75) is 13.5 Å². The second kappa shape index (κ2) is 5.73. The maximum absolute atomic E-state index is 12.5. The van der Waals surface area contributed by atoms with Crippen molar-refractivity contribution < 1.29 is 4.79 Å². The van der Waals surface area contributed by atoms with Gasteiger partial charge in [-0.15, -0.1) is 11.3 Å². The predicted molar refractivity (Wildman–Crippen MR) is 86.3 cm³/mol. The molecule has 0 unspecified atom stereocenters. The number of aromatic nitrogens is 2. The number of carbonyl (C=O) groups is 1. The van der Waals surface area contributed by atoms with Crippen LogP contribution in [0.5, 0.6) is 0 Å². The minimum absolute atomic E-state index is 0.0837. The fraction of sp³-hybridized carbons (Fsp3) is 0.188. The molecule has 0 bridgehead atoms. The number of hydrogen-bond donors (Lipinski definition) is 0. The lowest BCUT2D eigenvalue weighted by atomic mass is 10.2. The van der Waals surface area contributed by atoms with E-state index in [1.807, 2.05) is 18.4 Å². The van der Waals surface area contributed by atoms with Crippen LogP contribution in [0.4, 0.5) is 0 Å². The first-order valence-corrected chi connectivity index (χ1v) is 7.70. The average Bonchev–Trinajstić information content (AvgIpc) is 2.92. The second-order valence-electron chi connectivity index (χ2n) is 5.09. The molecule has 112 valence electrons. The van der Waals surface area contributed by atoms with Crippen molar-refractivity contribution in [2.24, 2.45) is 0 Å². The van der Waals surface area contributed by atoms with E-state index in [-0.39, 0.29) is 17.0 Å². The van der Waals surface area contributed by atoms with Gasteiger partial charge in [0.2, 0.25) is 0 Å². The van der Waals surface area contributed by atoms with Crippen molar-refractivity contribution in [1.82, 2.24) is 14.3 Å². The molecule has 0 aliphatic heterocycles. The number of thiophene rings is 1. The first-order chi connectivity index (χ1) is 10.6. The van der Waals surface area contributed by atoms with Crippen molar-refractivity contribution in [3.05, 3.63) is 68.4 Å². The van der Waals surface area contributed by atoms with Crippen LogP contribution in [0.1, 0.15) is 20.8 Å². The Hall–Kier alpha value is -2.47. The molecule has 0 N–H and O–H groups in total. The number of carbonyl (C=O) groups excluding carboxylic acids is 1. The third-order valence-electron chi connectivity index (χ3n) is 3.54. The molecule has 0 fully saturated rings. The van der Waals surface area contributed by atoms with Crippen LogP contribution in [0.2, 0.25) is 0 Å². The molecule has 0 saturated carbocycles. The number of amides is 1. The summed E-state index contributed by atoms with van der Waals surface area (Å²) in [5.41, 5.74) is 1.42. The molecule has 0 aliphatic carbocycles. The highest BCUT2D eigenvalue weighted by molar-refractivity contribution is 7.10. The number of rotatable bonds is 3. The molecule has 0 aromatic carbocycles. The average molecular weight is 313 g/mol. The number of pyridine rings is 1. The molecule has 3 aromatic heterocycles. The van der Waals surface area contributed by atoms with Crippen LogP contribution in [0, 0.1) is 6.92 Å². The Kier molecular flexibility index (Phi) is 3.77. The van der Waals surface area contributed by atoms with E-state index in [1.54, 1.807) is 47.7 Å². The SMILES string of the molecule is Cc1ccsc1CN(C)C(=O)c1cnc2ccccn2c1=O. The Bertz CT molecular complexity index is 898. The summed E-state index contributed by atoms with van der Waals surface area (Å²) in [7, 11) is 1.70. The van der Waals surface area contributed by atoms with Gasteiger partial charge in [0.25, 0.3) is 11.5 Å². The molecule has 3 heterocycles. The summed E-state index contributed by atoms with van der Waals surface area (Å²) in [6.45, 7) is 2.50. The van der Waals surface area contributed by atoms with Crippen LogP contribution in [-0.2, 0) is 6.54 Å². The topological polar surface area (TPSA) is 54.7 Å². The third-order valence-corrected chi connectivity index (χ3v) is 4.55. The monoisotopic (exact) mass is 313 g/mol. The Morgan fingerprint density at radius 3 is 2.91 bits per heavy atom. The predicted octanol–water partition coefficient (Wildman–Crippen LogP) is 2.34. The van der Waals surface area contributed by atoms with E-state index in [2.05, 4.69) is 4.98 Å². The second-order valence-corrected chi connectivity index (χ2v) is 6.09. The summed E-state index contributed by atoms with van der Waals surface area (Å²) < 4.78 is 1.39. The molecule has 6 heteroatoms. The highest BCUT2D eigenvalue weighted by Gasteiger charge is 2.18. The maximum Gasteiger partial charge on any atom is 0.270 e. The fourth-order valence-corrected chi connectivity index (χ4v) is 3.19. The minimum Gasteiger partial charge on any atom is -0.336 e. The van der Waals surface area contributed by atoms with Crippen LogP contribution in [0.25, 0.3) is 5.65 Å². The van der Waals surface area contributed by atoms with Gasteiger partial charge in [0.15, 0.2) is 0 Å². The molecule has 1 amide bonds. The standard InChI is InChI=1S/C16H15N3O2S/c1-11-6-8-22-13(11)10-18(2)15(20)12-9-17-14-5-3-4-7-19(14)16(12)21/h3-9H,10H2,1-2H3. The summed E-state index contributed by atoms with van der Waals surface area (Å²) >= 11 is 1.60. The minimum atomic E-state index is -0.342. The summed E-state index contributed by atoms with van der Waals surface area (Å²) in [4.78, 5) is 31.8. The number of hydrogen-bond acceptors (Lipinski definition) is 4. The summed E-state index contributed by atoms with van der Waals surface area (Å²) in [5.74, 6) is -0.316. The molecule has 3 aromatic rings. The smallest absolute Gasteiger partial charge is 0.270 e. The lowest BCUT2D eigenvalue weighted by molar-refractivity contribution is 0.0784. The van der Waals surface area contributed by atoms with Gasteiger partial charge in [-0.25, -0.2) is 4.98 Å². The molecular formula is C16H15N3O2S. The highest BCUT2D eigenvalue weighted by atomic mass is 32.1. The van der Waals surface area contributed by atoms with E-state index < -0.39 is 0 Å². The van der Waals surface area contributed by atoms with E-state index in [4.69, 9.17) is 0 Å². The quantitative estimate of drug-likeness (QED) is 0.746. The molecular weight excluding hydrogens is 298 g/mol. The Morgan fingerprint density at radius 1 is 1.36 bits per heavy atom. The van der Waals surface area contributed by atoms with Crippen molar-refractivity contribution in [3.63, 3.8) is 0 Å². The van der Waals surface area contributed by atoms with Gasteiger partial charge in [0.1, 0.15) is 11.2 Å². The lowest BCUT2D eigenvalue weighted by Gasteiger charge is -2.16. The molecule has 0 radical (unpaired) electrons. The first-order valence-electron chi connectivity index (χ1n) is 6.83. The van der Waals surface area contributed by atoms with Gasteiger partial charge in [-0.1, -0.05) is 6.07 Å². The van der Waals surface area contributed by atoms with E-state index in [9.17, 15) is 9.59 Å². The van der Waals surface area contributed by atoms with E-state index in [1.165, 1.54) is 10.6 Å². The van der Waals surface area contributed by atoms with Crippen molar-refractivity contribution in [1.29, 1.82) is 0 Å². The first kappa shape index (κ1) is 14.5. The van der Waals surface area contributed by atoms with Crippen LogP contribution in [0.3, 0.4) is 0 Å². The molecule has 5 nitrogen and oxygen atoms in total.